The predicted octanol–water partition coefficient (Wildman–Crippen LogP) is 2.66. The molecule has 18 heteroatoms. The Morgan fingerprint density at radius 2 is 1.70 bits per heavy atom. The Morgan fingerprint density at radius 1 is 1.08 bits per heavy atom. The summed E-state index contributed by atoms with van der Waals surface area (Å²) in [5, 5.41) is 6.22. The lowest BCUT2D eigenvalue weighted by Gasteiger charge is -2.19. The SMILES string of the molecule is C[C@H](NC(=O)c1cc(Cl)cc(C(F)(F)F)c1)c1ncnn1-c1ccc(N(S(C)(=O)=O)S(C)(=O)=O)cn1.S. The average Bonchev–Trinajstić information content (AvgIpc) is 3.21. The molecular weight excluding hydrogens is 581 g/mol. The molecule has 3 aromatic rings. The van der Waals surface area contributed by atoms with Gasteiger partial charge < -0.3 is 5.32 Å². The van der Waals surface area contributed by atoms with Crippen molar-refractivity contribution in [3.05, 3.63) is 64.8 Å². The van der Waals surface area contributed by atoms with Gasteiger partial charge in [0.05, 0.1) is 36.0 Å². The largest absolute Gasteiger partial charge is 0.416 e. The molecular formula is C19H20ClF3N6O5S3. The van der Waals surface area contributed by atoms with Crippen LogP contribution in [0.2, 0.25) is 5.02 Å². The van der Waals surface area contributed by atoms with Gasteiger partial charge >= 0.3 is 6.18 Å². The number of hydrogen-bond acceptors (Lipinski definition) is 8. The van der Waals surface area contributed by atoms with Crippen molar-refractivity contribution in [1.82, 2.24) is 25.1 Å². The highest BCUT2D eigenvalue weighted by Crippen LogP contribution is 2.32. The molecule has 0 radical (unpaired) electrons. The second-order valence-corrected chi connectivity index (χ2v) is 11.9. The number of rotatable bonds is 7. The lowest BCUT2D eigenvalue weighted by Crippen LogP contribution is -2.35. The van der Waals surface area contributed by atoms with Gasteiger partial charge in [0.15, 0.2) is 11.6 Å². The van der Waals surface area contributed by atoms with Crippen LogP contribution in [0.1, 0.15) is 34.7 Å². The van der Waals surface area contributed by atoms with Gasteiger partial charge in [-0.15, -0.1) is 0 Å². The van der Waals surface area contributed by atoms with Crippen molar-refractivity contribution in [3.63, 3.8) is 0 Å². The summed E-state index contributed by atoms with van der Waals surface area (Å²) in [6, 6.07) is 4.02. The highest BCUT2D eigenvalue weighted by atomic mass is 35.5. The van der Waals surface area contributed by atoms with Crippen molar-refractivity contribution in [2.24, 2.45) is 0 Å². The van der Waals surface area contributed by atoms with E-state index in [2.05, 4.69) is 20.4 Å². The van der Waals surface area contributed by atoms with Crippen LogP contribution in [0.3, 0.4) is 0 Å². The summed E-state index contributed by atoms with van der Waals surface area (Å²) in [7, 11) is -8.35. The number of sulfonamides is 2. The summed E-state index contributed by atoms with van der Waals surface area (Å²) in [5.41, 5.74) is -1.65. The van der Waals surface area contributed by atoms with Gasteiger partial charge in [0.25, 0.3) is 5.91 Å². The lowest BCUT2D eigenvalue weighted by atomic mass is 10.1. The average molecular weight is 601 g/mol. The predicted molar refractivity (Wildman–Crippen MR) is 134 cm³/mol. The van der Waals surface area contributed by atoms with E-state index in [0.717, 1.165) is 31.1 Å². The zero-order valence-corrected chi connectivity index (χ0v) is 22.6. The van der Waals surface area contributed by atoms with Crippen LogP contribution in [0.25, 0.3) is 5.82 Å². The minimum absolute atomic E-state index is 0. The Balaban J connectivity index is 0.00000481. The summed E-state index contributed by atoms with van der Waals surface area (Å²) < 4.78 is 88.3. The smallest absolute Gasteiger partial charge is 0.342 e. The van der Waals surface area contributed by atoms with Crippen LogP contribution < -0.4 is 9.03 Å². The van der Waals surface area contributed by atoms with Gasteiger partial charge in [-0.05, 0) is 37.3 Å². The number of nitrogens with one attached hydrogen (secondary N) is 1. The van der Waals surface area contributed by atoms with Crippen LogP contribution in [0.4, 0.5) is 18.9 Å². The molecule has 0 unspecified atom stereocenters. The van der Waals surface area contributed by atoms with Gasteiger partial charge in [0.2, 0.25) is 20.0 Å². The molecule has 0 aliphatic rings. The molecule has 1 amide bonds. The normalized spacial score (nSPS) is 12.9. The van der Waals surface area contributed by atoms with E-state index in [1.54, 1.807) is 0 Å². The molecule has 1 atom stereocenters. The number of nitrogens with zero attached hydrogens (tertiary/aromatic N) is 5. The highest BCUT2D eigenvalue weighted by molar-refractivity contribution is 8.09. The molecule has 2 aromatic heterocycles. The van der Waals surface area contributed by atoms with Crippen LogP contribution in [-0.2, 0) is 26.2 Å². The van der Waals surface area contributed by atoms with Gasteiger partial charge in [-0.1, -0.05) is 11.6 Å². The summed E-state index contributed by atoms with van der Waals surface area (Å²) in [6.07, 6.45) is -1.13. The molecule has 37 heavy (non-hydrogen) atoms. The third-order valence-electron chi connectivity index (χ3n) is 4.56. The van der Waals surface area contributed by atoms with Crippen LogP contribution in [0, 0.1) is 0 Å². The first-order valence-electron chi connectivity index (χ1n) is 9.74. The van der Waals surface area contributed by atoms with Gasteiger partial charge in [0.1, 0.15) is 6.33 Å². The maximum Gasteiger partial charge on any atom is 0.416 e. The Labute approximate surface area is 222 Å². The van der Waals surface area contributed by atoms with Crippen molar-refractivity contribution in [2.45, 2.75) is 19.1 Å². The maximum atomic E-state index is 13.1. The van der Waals surface area contributed by atoms with E-state index in [1.807, 2.05) is 0 Å². The molecule has 0 aliphatic heterocycles. The molecule has 202 valence electrons. The fraction of sp³-hybridized carbons (Fsp3) is 0.263. The lowest BCUT2D eigenvalue weighted by molar-refractivity contribution is -0.137. The molecule has 0 saturated heterocycles. The van der Waals surface area contributed by atoms with Crippen molar-refractivity contribution in [3.8, 4) is 5.82 Å². The van der Waals surface area contributed by atoms with E-state index in [1.165, 1.54) is 23.7 Å². The van der Waals surface area contributed by atoms with Crippen molar-refractivity contribution < 1.29 is 34.8 Å². The Kier molecular flexibility index (Phi) is 8.89. The van der Waals surface area contributed by atoms with E-state index in [-0.39, 0.29) is 45.1 Å². The number of amides is 1. The number of alkyl halides is 3. The number of aromatic nitrogens is 4. The van der Waals surface area contributed by atoms with E-state index < -0.39 is 43.7 Å². The molecule has 0 aliphatic carbocycles. The second kappa shape index (κ2) is 10.8. The highest BCUT2D eigenvalue weighted by Gasteiger charge is 2.32. The number of carbonyl (C=O) groups is 1. The number of anilines is 1. The molecule has 3 rings (SSSR count). The first-order chi connectivity index (χ1) is 16.5. The Morgan fingerprint density at radius 3 is 2.22 bits per heavy atom. The maximum absolute atomic E-state index is 13.1. The Hall–Kier alpha value is -2.89. The molecule has 1 aromatic carbocycles. The van der Waals surface area contributed by atoms with Crippen LogP contribution in [-0.4, -0.2) is 55.0 Å². The number of pyridine rings is 1. The van der Waals surface area contributed by atoms with Gasteiger partial charge in [-0.25, -0.2) is 26.8 Å². The minimum Gasteiger partial charge on any atom is -0.342 e. The molecule has 0 saturated carbocycles. The molecule has 0 bridgehead atoms. The van der Waals surface area contributed by atoms with Crippen molar-refractivity contribution in [1.29, 1.82) is 0 Å². The number of carbonyl (C=O) groups excluding carboxylic acids is 1. The summed E-state index contributed by atoms with van der Waals surface area (Å²) >= 11 is 5.74. The van der Waals surface area contributed by atoms with E-state index in [4.69, 9.17) is 11.6 Å². The first-order valence-corrected chi connectivity index (χ1v) is 13.8. The van der Waals surface area contributed by atoms with Crippen LogP contribution in [0.5, 0.6) is 0 Å². The second-order valence-electron chi connectivity index (χ2n) is 7.55. The number of benzene rings is 1. The number of halogens is 4. The summed E-state index contributed by atoms with van der Waals surface area (Å²) in [4.78, 5) is 20.7. The minimum atomic E-state index is -4.70. The summed E-state index contributed by atoms with van der Waals surface area (Å²) in [5.74, 6) is -0.633. The number of hydrogen-bond donors (Lipinski definition) is 1. The third-order valence-corrected chi connectivity index (χ3v) is 8.03. The van der Waals surface area contributed by atoms with E-state index in [0.29, 0.717) is 12.1 Å². The fourth-order valence-corrected chi connectivity index (χ4v) is 6.38. The van der Waals surface area contributed by atoms with Crippen LogP contribution >= 0.6 is 25.1 Å². The Bertz CT molecular complexity index is 1480. The quantitative estimate of drug-likeness (QED) is 0.436. The van der Waals surface area contributed by atoms with Gasteiger partial charge in [-0.3, -0.25) is 4.79 Å². The van der Waals surface area contributed by atoms with Gasteiger partial charge in [0, 0.05) is 10.6 Å². The topological polar surface area (TPSA) is 144 Å². The van der Waals surface area contributed by atoms with Crippen LogP contribution in [0.15, 0.2) is 42.9 Å². The molecule has 1 N–H and O–H groups in total. The molecule has 0 spiro atoms. The molecule has 11 nitrogen and oxygen atoms in total. The first kappa shape index (κ1) is 30.3. The zero-order chi connectivity index (χ0) is 27.1. The van der Waals surface area contributed by atoms with Crippen molar-refractivity contribution >= 4 is 56.7 Å². The standard InChI is InChI=1S/C19H18ClF3N6O5S2.H2S/c1-11(27-18(30)12-6-13(19(21,22)23)8-14(20)7-12)17-25-10-26-28(17)16-5-4-15(9-24-16)29(35(2,31)32)36(3,33)34;/h4-11H,1-3H3,(H,27,30);1H2/t11-;/m0./s1. The summed E-state index contributed by atoms with van der Waals surface area (Å²) in [6.45, 7) is 1.50. The van der Waals surface area contributed by atoms with E-state index >= 15 is 0 Å². The third kappa shape index (κ3) is 7.12. The molecule has 2 heterocycles. The molecule has 0 fully saturated rings. The van der Waals surface area contributed by atoms with Crippen molar-refractivity contribution in [2.75, 3.05) is 16.2 Å². The zero-order valence-electron chi connectivity index (χ0n) is 19.2. The van der Waals surface area contributed by atoms with Gasteiger partial charge in [-0.2, -0.15) is 40.2 Å². The fourth-order valence-electron chi connectivity index (χ4n) is 3.19. The monoisotopic (exact) mass is 600 g/mol. The van der Waals surface area contributed by atoms with E-state index in [9.17, 15) is 34.8 Å².